The molecule has 0 bridgehead atoms. The molecule has 0 radical (unpaired) electrons. The molecular formula is C16H27N3O3. The Morgan fingerprint density at radius 2 is 1.91 bits per heavy atom. The smallest absolute Gasteiger partial charge is 0.408 e. The topological polar surface area (TPSA) is 91.2 Å². The molecule has 1 rings (SSSR count). The van der Waals surface area contributed by atoms with E-state index < -0.39 is 23.3 Å². The summed E-state index contributed by atoms with van der Waals surface area (Å²) in [6.07, 6.45) is 2.13. The first-order valence-electron chi connectivity index (χ1n) is 7.80. The van der Waals surface area contributed by atoms with Gasteiger partial charge in [0.05, 0.1) is 6.07 Å². The minimum Gasteiger partial charge on any atom is -0.444 e. The second kappa shape index (κ2) is 6.99. The number of nitrogens with one attached hydrogen (secondary N) is 2. The standard InChI is InChI=1S/C16H27N3O3/c1-11(2)9-12(18-14(21)22-15(3,4)5)13(20)19-16(10-17)7-6-8-16/h11-12H,6-9H2,1-5H3,(H,18,21)(H,19,20). The van der Waals surface area contributed by atoms with Gasteiger partial charge in [0.15, 0.2) is 0 Å². The third-order valence-electron chi connectivity index (χ3n) is 3.50. The van der Waals surface area contributed by atoms with Gasteiger partial charge in [-0.05, 0) is 52.4 Å². The number of carbonyl (C=O) groups excluding carboxylic acids is 2. The van der Waals surface area contributed by atoms with Crippen LogP contribution >= 0.6 is 0 Å². The van der Waals surface area contributed by atoms with Crippen LogP contribution in [-0.2, 0) is 9.53 Å². The zero-order valence-electron chi connectivity index (χ0n) is 14.2. The van der Waals surface area contributed by atoms with Crippen LogP contribution in [-0.4, -0.2) is 29.2 Å². The lowest BCUT2D eigenvalue weighted by Crippen LogP contribution is -2.58. The molecule has 0 aromatic heterocycles. The van der Waals surface area contributed by atoms with Gasteiger partial charge in [-0.3, -0.25) is 4.79 Å². The molecule has 1 aliphatic carbocycles. The van der Waals surface area contributed by atoms with Crippen molar-refractivity contribution >= 4 is 12.0 Å². The van der Waals surface area contributed by atoms with Crippen LogP contribution in [0.4, 0.5) is 4.79 Å². The van der Waals surface area contributed by atoms with Gasteiger partial charge in [-0.2, -0.15) is 5.26 Å². The van der Waals surface area contributed by atoms with E-state index in [1.54, 1.807) is 20.8 Å². The summed E-state index contributed by atoms with van der Waals surface area (Å²) in [5.41, 5.74) is -1.38. The zero-order chi connectivity index (χ0) is 17.0. The molecule has 6 nitrogen and oxygen atoms in total. The van der Waals surface area contributed by atoms with Crippen molar-refractivity contribution in [1.82, 2.24) is 10.6 Å². The Bertz CT molecular complexity index is 456. The summed E-state index contributed by atoms with van der Waals surface area (Å²) in [5.74, 6) is -0.0917. The number of ether oxygens (including phenoxy) is 1. The predicted molar refractivity (Wildman–Crippen MR) is 83.0 cm³/mol. The molecular weight excluding hydrogens is 282 g/mol. The van der Waals surface area contributed by atoms with E-state index in [0.29, 0.717) is 19.3 Å². The van der Waals surface area contributed by atoms with Gasteiger partial charge in [0.25, 0.3) is 0 Å². The van der Waals surface area contributed by atoms with Crippen LogP contribution < -0.4 is 10.6 Å². The Morgan fingerprint density at radius 1 is 1.32 bits per heavy atom. The Labute approximate surface area is 132 Å². The average molecular weight is 309 g/mol. The van der Waals surface area contributed by atoms with Gasteiger partial charge in [-0.25, -0.2) is 4.79 Å². The maximum atomic E-state index is 12.4. The number of alkyl carbamates (subject to hydrolysis) is 1. The fourth-order valence-corrected chi connectivity index (χ4v) is 2.27. The molecule has 1 unspecified atom stereocenters. The lowest BCUT2D eigenvalue weighted by Gasteiger charge is -2.37. The Hall–Kier alpha value is -1.77. The predicted octanol–water partition coefficient (Wildman–Crippen LogP) is 2.49. The molecule has 2 N–H and O–H groups in total. The fraction of sp³-hybridized carbons (Fsp3) is 0.812. The second-order valence-corrected chi connectivity index (χ2v) is 7.37. The van der Waals surface area contributed by atoms with Crippen molar-refractivity contribution in [3.05, 3.63) is 0 Å². The summed E-state index contributed by atoms with van der Waals surface area (Å²) in [5, 5.41) is 14.6. The van der Waals surface area contributed by atoms with Crippen molar-refractivity contribution in [3.63, 3.8) is 0 Å². The molecule has 0 aromatic rings. The van der Waals surface area contributed by atoms with Crippen molar-refractivity contribution in [2.24, 2.45) is 5.92 Å². The number of nitrogens with zero attached hydrogens (tertiary/aromatic N) is 1. The second-order valence-electron chi connectivity index (χ2n) is 7.37. The van der Waals surface area contributed by atoms with Gasteiger partial charge in [-0.1, -0.05) is 13.8 Å². The van der Waals surface area contributed by atoms with E-state index in [-0.39, 0.29) is 11.8 Å². The van der Waals surface area contributed by atoms with Gasteiger partial charge in [-0.15, -0.1) is 0 Å². The number of rotatable bonds is 5. The zero-order valence-corrected chi connectivity index (χ0v) is 14.2. The molecule has 1 atom stereocenters. The molecule has 22 heavy (non-hydrogen) atoms. The molecule has 0 aromatic carbocycles. The first kappa shape index (κ1) is 18.3. The van der Waals surface area contributed by atoms with Gasteiger partial charge in [0, 0.05) is 0 Å². The molecule has 0 aliphatic heterocycles. The summed E-state index contributed by atoms with van der Waals surface area (Å²) >= 11 is 0. The van der Waals surface area contributed by atoms with Crippen molar-refractivity contribution in [2.45, 2.75) is 77.5 Å². The molecule has 1 saturated carbocycles. The number of carbonyl (C=O) groups is 2. The van der Waals surface area contributed by atoms with Crippen molar-refractivity contribution < 1.29 is 14.3 Å². The van der Waals surface area contributed by atoms with Gasteiger partial charge in [0.2, 0.25) is 5.91 Å². The molecule has 0 saturated heterocycles. The summed E-state index contributed by atoms with van der Waals surface area (Å²) in [4.78, 5) is 24.3. The summed E-state index contributed by atoms with van der Waals surface area (Å²) < 4.78 is 5.20. The highest BCUT2D eigenvalue weighted by Crippen LogP contribution is 2.31. The Morgan fingerprint density at radius 3 is 2.27 bits per heavy atom. The van der Waals surface area contributed by atoms with Crippen LogP contribution in [0.2, 0.25) is 0 Å². The van der Waals surface area contributed by atoms with E-state index >= 15 is 0 Å². The van der Waals surface area contributed by atoms with Gasteiger partial charge in [0.1, 0.15) is 17.2 Å². The van der Waals surface area contributed by atoms with E-state index in [4.69, 9.17) is 4.74 Å². The molecule has 0 spiro atoms. The first-order chi connectivity index (χ1) is 10.1. The summed E-state index contributed by atoms with van der Waals surface area (Å²) in [7, 11) is 0. The van der Waals surface area contributed by atoms with Crippen LogP contribution in [0.1, 0.15) is 60.3 Å². The summed E-state index contributed by atoms with van der Waals surface area (Å²) in [6, 6.07) is 1.48. The average Bonchev–Trinajstić information content (AvgIpc) is 2.29. The molecule has 124 valence electrons. The Balaban J connectivity index is 2.69. The molecule has 1 fully saturated rings. The molecule has 6 heteroatoms. The third-order valence-corrected chi connectivity index (χ3v) is 3.50. The SMILES string of the molecule is CC(C)CC(NC(=O)OC(C)(C)C)C(=O)NC1(C#N)CCC1. The number of hydrogen-bond acceptors (Lipinski definition) is 4. The quantitative estimate of drug-likeness (QED) is 0.816. The van der Waals surface area contributed by atoms with Crippen LogP contribution in [0.5, 0.6) is 0 Å². The monoisotopic (exact) mass is 309 g/mol. The number of amides is 2. The van der Waals surface area contributed by atoms with Crippen LogP contribution in [0, 0.1) is 17.2 Å². The lowest BCUT2D eigenvalue weighted by molar-refractivity contribution is -0.125. The van der Waals surface area contributed by atoms with E-state index in [2.05, 4.69) is 16.7 Å². The van der Waals surface area contributed by atoms with E-state index in [9.17, 15) is 14.9 Å². The van der Waals surface area contributed by atoms with Crippen LogP contribution in [0.25, 0.3) is 0 Å². The molecule has 0 heterocycles. The van der Waals surface area contributed by atoms with E-state index in [0.717, 1.165) is 6.42 Å². The van der Waals surface area contributed by atoms with Crippen molar-refractivity contribution in [3.8, 4) is 6.07 Å². The highest BCUT2D eigenvalue weighted by molar-refractivity contribution is 5.86. The molecule has 2 amide bonds. The highest BCUT2D eigenvalue weighted by Gasteiger charge is 2.40. The summed E-state index contributed by atoms with van der Waals surface area (Å²) in [6.45, 7) is 9.25. The maximum absolute atomic E-state index is 12.4. The van der Waals surface area contributed by atoms with Gasteiger partial charge >= 0.3 is 6.09 Å². The van der Waals surface area contributed by atoms with Gasteiger partial charge < -0.3 is 15.4 Å². The largest absolute Gasteiger partial charge is 0.444 e. The highest BCUT2D eigenvalue weighted by atomic mass is 16.6. The van der Waals surface area contributed by atoms with Crippen molar-refractivity contribution in [1.29, 1.82) is 5.26 Å². The molecule has 1 aliphatic rings. The minimum absolute atomic E-state index is 0.227. The lowest BCUT2D eigenvalue weighted by atomic mass is 9.78. The third kappa shape index (κ3) is 5.55. The first-order valence-corrected chi connectivity index (χ1v) is 7.80. The Kier molecular flexibility index (Phi) is 5.81. The van der Waals surface area contributed by atoms with Crippen molar-refractivity contribution in [2.75, 3.05) is 0 Å². The normalized spacial score (nSPS) is 17.9. The number of hydrogen-bond donors (Lipinski definition) is 2. The van der Waals surface area contributed by atoms with E-state index in [1.807, 2.05) is 13.8 Å². The fourth-order valence-electron chi connectivity index (χ4n) is 2.27. The number of nitriles is 1. The van der Waals surface area contributed by atoms with Crippen LogP contribution in [0.3, 0.4) is 0 Å². The minimum atomic E-state index is -0.762. The van der Waals surface area contributed by atoms with Crippen LogP contribution in [0.15, 0.2) is 0 Å². The maximum Gasteiger partial charge on any atom is 0.408 e. The van der Waals surface area contributed by atoms with E-state index in [1.165, 1.54) is 0 Å².